The molecule has 5 amide bonds. The SMILES string of the molecule is CC(C)[C@@H](NC(=O)c1cc(C(F)(F)F)ccc1F)C(=O)N1CCC2(CC1)C(=O)N(C)C(=O)N2c1ccc([As]C2COC2)cc1. The number of anilines is 1. The van der Waals surface area contributed by atoms with Crippen LogP contribution in [0.1, 0.15) is 42.6 Å². The van der Waals surface area contributed by atoms with Crippen LogP contribution in [-0.2, 0) is 20.5 Å². The molecule has 44 heavy (non-hydrogen) atoms. The minimum atomic E-state index is -4.78. The van der Waals surface area contributed by atoms with Crippen molar-refractivity contribution in [3.05, 3.63) is 59.4 Å². The van der Waals surface area contributed by atoms with E-state index in [2.05, 4.69) is 5.32 Å². The van der Waals surface area contributed by atoms with Crippen molar-refractivity contribution in [1.29, 1.82) is 0 Å². The molecule has 9 nitrogen and oxygen atoms in total. The van der Waals surface area contributed by atoms with E-state index in [0.717, 1.165) is 18.1 Å². The maximum atomic E-state index is 14.4. The molecule has 1 spiro atoms. The number of rotatable bonds is 7. The van der Waals surface area contributed by atoms with Crippen molar-refractivity contribution >= 4 is 49.5 Å². The summed E-state index contributed by atoms with van der Waals surface area (Å²) in [4.78, 5) is 57.3. The Balaban J connectivity index is 1.31. The first kappa shape index (κ1) is 32.0. The summed E-state index contributed by atoms with van der Waals surface area (Å²) < 4.78 is 60.9. The molecule has 235 valence electrons. The van der Waals surface area contributed by atoms with Gasteiger partial charge >= 0.3 is 182 Å². The number of carbonyl (C=O) groups excluding carboxylic acids is 4. The van der Waals surface area contributed by atoms with Crippen LogP contribution in [0.5, 0.6) is 0 Å². The number of imide groups is 1. The minimum absolute atomic E-state index is 0.0754. The van der Waals surface area contributed by atoms with Crippen LogP contribution < -0.4 is 14.6 Å². The van der Waals surface area contributed by atoms with Crippen LogP contribution in [0.4, 0.5) is 28.0 Å². The molecule has 0 aliphatic carbocycles. The van der Waals surface area contributed by atoms with Crippen molar-refractivity contribution in [2.45, 2.75) is 49.2 Å². The molecule has 2 aromatic carbocycles. The van der Waals surface area contributed by atoms with Crippen LogP contribution in [0.3, 0.4) is 0 Å². The molecule has 1 radical (unpaired) electrons. The van der Waals surface area contributed by atoms with Gasteiger partial charge < -0.3 is 0 Å². The monoisotopic (exact) mass is 679 g/mol. The molecule has 3 fully saturated rings. The zero-order chi connectivity index (χ0) is 32.0. The molecule has 14 heteroatoms. The molecule has 0 bridgehead atoms. The van der Waals surface area contributed by atoms with Crippen molar-refractivity contribution in [2.24, 2.45) is 5.92 Å². The first-order valence-corrected chi connectivity index (χ1v) is 16.2. The average Bonchev–Trinajstić information content (AvgIpc) is 3.13. The number of urea groups is 1. The van der Waals surface area contributed by atoms with Crippen LogP contribution in [0.25, 0.3) is 0 Å². The van der Waals surface area contributed by atoms with Crippen LogP contribution in [0.2, 0.25) is 4.71 Å². The van der Waals surface area contributed by atoms with Crippen molar-refractivity contribution in [3.8, 4) is 0 Å². The third-order valence-corrected chi connectivity index (χ3v) is 11.0. The predicted octanol–water partition coefficient (Wildman–Crippen LogP) is 3.21. The Morgan fingerprint density at radius 2 is 1.68 bits per heavy atom. The van der Waals surface area contributed by atoms with Gasteiger partial charge in [0.15, 0.2) is 0 Å². The van der Waals surface area contributed by atoms with Gasteiger partial charge in [0.25, 0.3) is 5.91 Å². The number of amides is 5. The first-order chi connectivity index (χ1) is 20.7. The van der Waals surface area contributed by atoms with E-state index in [0.29, 0.717) is 28.6 Å². The first-order valence-electron chi connectivity index (χ1n) is 14.2. The second-order valence-corrected chi connectivity index (χ2v) is 14.7. The van der Waals surface area contributed by atoms with Crippen LogP contribution in [0, 0.1) is 11.7 Å². The van der Waals surface area contributed by atoms with E-state index in [-0.39, 0.29) is 47.6 Å². The molecule has 0 saturated carbocycles. The molecule has 0 unspecified atom stereocenters. The molecule has 0 aromatic heterocycles. The Bertz CT molecular complexity index is 1460. The van der Waals surface area contributed by atoms with E-state index in [1.807, 2.05) is 24.3 Å². The number of piperidine rings is 1. The van der Waals surface area contributed by atoms with Gasteiger partial charge in [-0.05, 0) is 18.2 Å². The fraction of sp³-hybridized carbons (Fsp3) is 0.467. The molecule has 1 N–H and O–H groups in total. The number of hydrogen-bond donors (Lipinski definition) is 1. The molecule has 2 aromatic rings. The Hall–Kier alpha value is -3.44. The average molecular weight is 680 g/mol. The quantitative estimate of drug-likeness (QED) is 0.276. The molecular weight excluding hydrogens is 647 g/mol. The van der Waals surface area contributed by atoms with Crippen LogP contribution in [0.15, 0.2) is 42.5 Å². The van der Waals surface area contributed by atoms with Crippen molar-refractivity contribution in [1.82, 2.24) is 15.1 Å². The number of benzene rings is 2. The summed E-state index contributed by atoms with van der Waals surface area (Å²) in [7, 11) is 1.43. The van der Waals surface area contributed by atoms with E-state index in [1.165, 1.54) is 21.2 Å². The molecule has 1 atom stereocenters. The number of alkyl halides is 3. The van der Waals surface area contributed by atoms with Gasteiger partial charge in [0.1, 0.15) is 5.82 Å². The Morgan fingerprint density at radius 1 is 1.05 bits per heavy atom. The van der Waals surface area contributed by atoms with Crippen molar-refractivity contribution in [2.75, 3.05) is 38.3 Å². The molecule has 3 aliphatic rings. The third kappa shape index (κ3) is 5.96. The van der Waals surface area contributed by atoms with Gasteiger partial charge in [-0.15, -0.1) is 0 Å². The number of ether oxygens (including phenoxy) is 1. The number of nitrogens with one attached hydrogen (secondary N) is 1. The van der Waals surface area contributed by atoms with Gasteiger partial charge in [-0.25, -0.2) is 4.39 Å². The fourth-order valence-electron chi connectivity index (χ4n) is 5.72. The second kappa shape index (κ2) is 12.2. The predicted molar refractivity (Wildman–Crippen MR) is 153 cm³/mol. The van der Waals surface area contributed by atoms with Gasteiger partial charge in [-0.3, -0.25) is 4.79 Å². The van der Waals surface area contributed by atoms with Crippen molar-refractivity contribution < 1.29 is 41.5 Å². The van der Waals surface area contributed by atoms with Gasteiger partial charge in [0, 0.05) is 0 Å². The number of carbonyl (C=O) groups is 4. The topological polar surface area (TPSA) is 99.3 Å². The zero-order valence-corrected chi connectivity index (χ0v) is 26.2. The fourth-order valence-corrected chi connectivity index (χ4v) is 8.03. The third-order valence-electron chi connectivity index (χ3n) is 8.33. The van der Waals surface area contributed by atoms with Crippen molar-refractivity contribution in [3.63, 3.8) is 0 Å². The summed E-state index contributed by atoms with van der Waals surface area (Å²) in [5, 5.41) is 2.41. The van der Waals surface area contributed by atoms with E-state index < -0.39 is 58.5 Å². The number of nitrogens with zero attached hydrogens (tertiary/aromatic N) is 3. The van der Waals surface area contributed by atoms with Gasteiger partial charge in [-0.2, -0.15) is 13.2 Å². The summed E-state index contributed by atoms with van der Waals surface area (Å²) >= 11 is -0.0754. The van der Waals surface area contributed by atoms with Gasteiger partial charge in [-0.1, -0.05) is 13.8 Å². The zero-order valence-electron chi connectivity index (χ0n) is 24.4. The normalized spacial score (nSPS) is 19.8. The summed E-state index contributed by atoms with van der Waals surface area (Å²) in [5.74, 6) is -3.66. The molecule has 3 heterocycles. The summed E-state index contributed by atoms with van der Waals surface area (Å²) in [6.07, 6.45) is -4.50. The summed E-state index contributed by atoms with van der Waals surface area (Å²) in [5.41, 5.74) is -2.62. The summed E-state index contributed by atoms with van der Waals surface area (Å²) in [6.45, 7) is 4.99. The van der Waals surface area contributed by atoms with Crippen LogP contribution in [-0.4, -0.2) is 94.2 Å². The Kier molecular flexibility index (Phi) is 8.83. The van der Waals surface area contributed by atoms with Crippen LogP contribution >= 0.6 is 0 Å². The number of hydrogen-bond acceptors (Lipinski definition) is 5. The second-order valence-electron chi connectivity index (χ2n) is 11.6. The Morgan fingerprint density at radius 3 is 2.23 bits per heavy atom. The Labute approximate surface area is 258 Å². The van der Waals surface area contributed by atoms with Gasteiger partial charge in [0.05, 0.1) is 11.1 Å². The van der Waals surface area contributed by atoms with E-state index >= 15 is 0 Å². The molecular formula is C30H32AsF4N4O5. The number of likely N-dealkylation sites (N-methyl/N-ethyl adjacent to an activating group) is 1. The standard InChI is InChI=1S/C30H32AsF4N4O5/c1-17(2)24(36-25(40)22-14-18(30(33,34)35)4-9-23(22)32)26(41)38-12-10-29(11-13-38)27(42)37(3)28(43)39(29)21-7-5-19(6-8-21)31-20-15-44-16-20/h4-9,14,17,20,24H,10-13,15-16H2,1-3H3,(H,36,40)/t24-/m1/s1. The number of halogens is 4. The van der Waals surface area contributed by atoms with E-state index in [9.17, 15) is 36.7 Å². The van der Waals surface area contributed by atoms with Gasteiger partial charge in [0.2, 0.25) is 0 Å². The summed E-state index contributed by atoms with van der Waals surface area (Å²) in [6, 6.07) is 7.52. The molecule has 3 aliphatic heterocycles. The molecule has 3 saturated heterocycles. The van der Waals surface area contributed by atoms with E-state index in [4.69, 9.17) is 4.74 Å². The maximum absolute atomic E-state index is 14.4. The molecule has 5 rings (SSSR count). The van der Waals surface area contributed by atoms with E-state index in [1.54, 1.807) is 13.8 Å². The number of likely N-dealkylation sites (tertiary alicyclic amines) is 1.